The first-order chi connectivity index (χ1) is 16.7. The lowest BCUT2D eigenvalue weighted by Gasteiger charge is -2.41. The number of ether oxygens (including phenoxy) is 1. The molecule has 0 N–H and O–H groups in total. The fraction of sp³-hybridized carbons (Fsp3) is 0.385. The molecule has 2 atom stereocenters. The molecule has 6 nitrogen and oxygen atoms in total. The maximum Gasteiger partial charge on any atom is 0.416 e. The number of piperazine rings is 1. The Bertz CT molecular complexity index is 1230. The highest BCUT2D eigenvalue weighted by molar-refractivity contribution is 5.95. The Morgan fingerprint density at radius 3 is 2.49 bits per heavy atom. The van der Waals surface area contributed by atoms with E-state index in [0.717, 1.165) is 30.3 Å². The first kappa shape index (κ1) is 23.4. The smallest absolute Gasteiger partial charge is 0.416 e. The fourth-order valence-electron chi connectivity index (χ4n) is 5.28. The monoisotopic (exact) mass is 484 g/mol. The number of carbonyl (C=O) groups excluding carboxylic acids is 1. The van der Waals surface area contributed by atoms with Crippen LogP contribution in [-0.4, -0.2) is 57.5 Å². The third-order valence-corrected chi connectivity index (χ3v) is 6.87. The van der Waals surface area contributed by atoms with Gasteiger partial charge in [-0.15, -0.1) is 0 Å². The van der Waals surface area contributed by atoms with Gasteiger partial charge in [-0.3, -0.25) is 9.69 Å². The molecule has 3 aromatic rings. The molecule has 0 aliphatic carbocycles. The average Bonchev–Trinajstić information content (AvgIpc) is 3.38. The lowest BCUT2D eigenvalue weighted by molar-refractivity contribution is -0.137. The van der Waals surface area contributed by atoms with Crippen LogP contribution in [0.25, 0.3) is 5.69 Å². The molecule has 0 radical (unpaired) electrons. The van der Waals surface area contributed by atoms with Crippen molar-refractivity contribution < 1.29 is 22.7 Å². The van der Waals surface area contributed by atoms with E-state index < -0.39 is 11.7 Å². The summed E-state index contributed by atoms with van der Waals surface area (Å²) in [5, 5.41) is 0. The van der Waals surface area contributed by atoms with Crippen molar-refractivity contribution >= 4 is 5.91 Å². The van der Waals surface area contributed by atoms with E-state index in [9.17, 15) is 18.0 Å². The molecule has 2 aliphatic rings. The van der Waals surface area contributed by atoms with E-state index in [2.05, 4.69) is 9.88 Å². The number of aryl methyl sites for hydroxylation is 1. The zero-order valence-electron chi connectivity index (χ0n) is 19.6. The molecule has 2 aromatic carbocycles. The SMILES string of the molecule is COc1cc(C(=O)N2[C@@H]3CC[C@H]2CN(Cc2cccc(C(F)(F)F)c2)C3)ccc1-n1cnc(C)c1. The molecule has 0 unspecified atom stereocenters. The van der Waals surface area contributed by atoms with Crippen LogP contribution in [0.4, 0.5) is 13.2 Å². The Balaban J connectivity index is 1.31. The molecule has 3 heterocycles. The number of alkyl halides is 3. The number of amides is 1. The number of halogens is 3. The summed E-state index contributed by atoms with van der Waals surface area (Å²) in [6, 6.07) is 11.0. The molecule has 35 heavy (non-hydrogen) atoms. The normalized spacial score (nSPS) is 20.3. The van der Waals surface area contributed by atoms with Crippen molar-refractivity contribution in [1.29, 1.82) is 0 Å². The molecule has 2 bridgehead atoms. The van der Waals surface area contributed by atoms with Crippen molar-refractivity contribution in [3.63, 3.8) is 0 Å². The number of carbonyl (C=O) groups is 1. The molecule has 2 fully saturated rings. The number of likely N-dealkylation sites (tertiary alicyclic amines) is 1. The number of imidazole rings is 1. The van der Waals surface area contributed by atoms with Crippen LogP contribution >= 0.6 is 0 Å². The van der Waals surface area contributed by atoms with Gasteiger partial charge in [-0.25, -0.2) is 4.98 Å². The molecule has 9 heteroatoms. The summed E-state index contributed by atoms with van der Waals surface area (Å²) in [5.74, 6) is 0.548. The maximum atomic E-state index is 13.5. The van der Waals surface area contributed by atoms with Crippen LogP contribution in [0.1, 0.15) is 40.0 Å². The van der Waals surface area contributed by atoms with Gasteiger partial charge in [0.2, 0.25) is 0 Å². The zero-order chi connectivity index (χ0) is 24.7. The quantitative estimate of drug-likeness (QED) is 0.527. The summed E-state index contributed by atoms with van der Waals surface area (Å²) < 4.78 is 46.7. The Labute approximate surface area is 201 Å². The highest BCUT2D eigenvalue weighted by atomic mass is 19.4. The third-order valence-electron chi connectivity index (χ3n) is 6.87. The summed E-state index contributed by atoms with van der Waals surface area (Å²) in [6.07, 6.45) is 1.02. The van der Waals surface area contributed by atoms with Gasteiger partial charge in [-0.2, -0.15) is 13.2 Å². The fourth-order valence-corrected chi connectivity index (χ4v) is 5.28. The highest BCUT2D eigenvalue weighted by Gasteiger charge is 2.43. The Morgan fingerprint density at radius 1 is 1.11 bits per heavy atom. The average molecular weight is 485 g/mol. The van der Waals surface area contributed by atoms with E-state index in [-0.39, 0.29) is 18.0 Å². The van der Waals surface area contributed by atoms with Crippen LogP contribution < -0.4 is 4.74 Å². The molecular formula is C26H27F3N4O2. The summed E-state index contributed by atoms with van der Waals surface area (Å²) in [4.78, 5) is 21.9. The predicted octanol–water partition coefficient (Wildman–Crippen LogP) is 4.70. The number of nitrogens with zero attached hydrogens (tertiary/aromatic N) is 4. The van der Waals surface area contributed by atoms with Crippen molar-refractivity contribution in [1.82, 2.24) is 19.4 Å². The molecule has 1 aromatic heterocycles. The maximum absolute atomic E-state index is 13.5. The first-order valence-corrected chi connectivity index (χ1v) is 11.6. The molecule has 1 amide bonds. The number of rotatable bonds is 5. The summed E-state index contributed by atoms with van der Waals surface area (Å²) in [6.45, 7) is 3.62. The van der Waals surface area contributed by atoms with E-state index in [4.69, 9.17) is 4.74 Å². The predicted molar refractivity (Wildman–Crippen MR) is 125 cm³/mol. The third kappa shape index (κ3) is 4.65. The second-order valence-electron chi connectivity index (χ2n) is 9.30. The largest absolute Gasteiger partial charge is 0.495 e. The van der Waals surface area contributed by atoms with Gasteiger partial charge >= 0.3 is 6.18 Å². The number of aromatic nitrogens is 2. The van der Waals surface area contributed by atoms with E-state index in [1.54, 1.807) is 25.6 Å². The highest BCUT2D eigenvalue weighted by Crippen LogP contribution is 2.34. The van der Waals surface area contributed by atoms with Crippen molar-refractivity contribution in [2.24, 2.45) is 0 Å². The molecule has 184 valence electrons. The molecule has 0 saturated carbocycles. The van der Waals surface area contributed by atoms with Crippen LogP contribution in [0.15, 0.2) is 55.0 Å². The van der Waals surface area contributed by atoms with Crippen LogP contribution in [-0.2, 0) is 12.7 Å². The minimum absolute atomic E-state index is 0.0361. The summed E-state index contributed by atoms with van der Waals surface area (Å²) >= 11 is 0. The number of fused-ring (bicyclic) bond motifs is 2. The second kappa shape index (κ2) is 9.03. The number of methoxy groups -OCH3 is 1. The lowest BCUT2D eigenvalue weighted by Crippen LogP contribution is -2.55. The van der Waals surface area contributed by atoms with Crippen LogP contribution in [0, 0.1) is 6.92 Å². The van der Waals surface area contributed by atoms with Crippen LogP contribution in [0.2, 0.25) is 0 Å². The molecular weight excluding hydrogens is 457 g/mol. The first-order valence-electron chi connectivity index (χ1n) is 11.6. The second-order valence-corrected chi connectivity index (χ2v) is 9.30. The van der Waals surface area contributed by atoms with Gasteiger partial charge < -0.3 is 14.2 Å². The van der Waals surface area contributed by atoms with Crippen molar-refractivity contribution in [3.05, 3.63) is 77.4 Å². The molecule has 2 saturated heterocycles. The number of benzene rings is 2. The Kier molecular flexibility index (Phi) is 6.04. The number of hydrogen-bond acceptors (Lipinski definition) is 4. The summed E-state index contributed by atoms with van der Waals surface area (Å²) in [5.41, 5.74) is 2.25. The number of hydrogen-bond donors (Lipinski definition) is 0. The van der Waals surface area contributed by atoms with Gasteiger partial charge in [0.15, 0.2) is 0 Å². The van der Waals surface area contributed by atoms with Crippen molar-refractivity contribution in [3.8, 4) is 11.4 Å². The standard InChI is InChI=1S/C26H27F3N4O2/c1-17-12-32(16-30-17)23-9-6-19(11-24(23)35-2)25(34)33-21-7-8-22(33)15-31(14-21)13-18-4-3-5-20(10-18)26(27,28)29/h3-6,9-12,16,21-22H,7-8,13-15H2,1-2H3/t21-,22+. The summed E-state index contributed by atoms with van der Waals surface area (Å²) in [7, 11) is 1.58. The lowest BCUT2D eigenvalue weighted by atomic mass is 10.1. The van der Waals surface area contributed by atoms with E-state index in [1.807, 2.05) is 34.7 Å². The topological polar surface area (TPSA) is 50.6 Å². The van der Waals surface area contributed by atoms with Crippen molar-refractivity contribution in [2.45, 2.75) is 44.6 Å². The molecule has 2 aliphatic heterocycles. The minimum atomic E-state index is -4.35. The van der Waals surface area contributed by atoms with Gasteiger partial charge in [-0.05, 0) is 49.6 Å². The van der Waals surface area contributed by atoms with E-state index in [0.29, 0.717) is 36.5 Å². The molecule has 0 spiro atoms. The van der Waals surface area contributed by atoms with E-state index in [1.165, 1.54) is 12.1 Å². The van der Waals surface area contributed by atoms with Crippen LogP contribution in [0.5, 0.6) is 5.75 Å². The van der Waals surface area contributed by atoms with Crippen LogP contribution in [0.3, 0.4) is 0 Å². The van der Waals surface area contributed by atoms with Crippen molar-refractivity contribution in [2.75, 3.05) is 20.2 Å². The zero-order valence-corrected chi connectivity index (χ0v) is 19.6. The molecule has 5 rings (SSSR count). The van der Waals surface area contributed by atoms with Gasteiger partial charge in [0.25, 0.3) is 5.91 Å². The van der Waals surface area contributed by atoms with Gasteiger partial charge in [0, 0.05) is 43.5 Å². The van der Waals surface area contributed by atoms with Gasteiger partial charge in [-0.1, -0.05) is 18.2 Å². The van der Waals surface area contributed by atoms with E-state index >= 15 is 0 Å². The Morgan fingerprint density at radius 2 is 1.86 bits per heavy atom. The van der Waals surface area contributed by atoms with Gasteiger partial charge in [0.1, 0.15) is 5.75 Å². The Hall–Kier alpha value is -3.33. The van der Waals surface area contributed by atoms with Gasteiger partial charge in [0.05, 0.1) is 30.4 Å². The minimum Gasteiger partial charge on any atom is -0.495 e.